The molecule has 1 heterocycles. The van der Waals surface area contributed by atoms with E-state index in [2.05, 4.69) is 32.2 Å². The van der Waals surface area contributed by atoms with E-state index in [4.69, 9.17) is 5.73 Å². The Morgan fingerprint density at radius 1 is 1.44 bits per heavy atom. The van der Waals surface area contributed by atoms with Gasteiger partial charge in [0.05, 0.1) is 0 Å². The molecule has 0 bridgehead atoms. The summed E-state index contributed by atoms with van der Waals surface area (Å²) in [7, 11) is 0. The van der Waals surface area contributed by atoms with Crippen LogP contribution in [0.4, 0.5) is 0 Å². The molecule has 1 aromatic heterocycles. The lowest BCUT2D eigenvalue weighted by Crippen LogP contribution is -2.36. The zero-order chi connectivity index (χ0) is 11.8. The largest absolute Gasteiger partial charge is 0.323 e. The topological polar surface area (TPSA) is 26.0 Å². The van der Waals surface area contributed by atoms with Crippen molar-refractivity contribution in [2.75, 3.05) is 0 Å². The summed E-state index contributed by atoms with van der Waals surface area (Å²) in [5.41, 5.74) is 8.29. The molecule has 2 N–H and O–H groups in total. The Kier molecular flexibility index (Phi) is 3.41. The van der Waals surface area contributed by atoms with Gasteiger partial charge in [0, 0.05) is 10.9 Å². The van der Waals surface area contributed by atoms with E-state index in [1.165, 1.54) is 36.1 Å². The van der Waals surface area contributed by atoms with Gasteiger partial charge in [-0.15, -0.1) is 11.3 Å². The van der Waals surface area contributed by atoms with E-state index in [0.29, 0.717) is 11.3 Å². The maximum absolute atomic E-state index is 6.50. The third-order valence-corrected chi connectivity index (χ3v) is 5.35. The fourth-order valence-electron chi connectivity index (χ4n) is 3.10. The molecule has 0 radical (unpaired) electrons. The number of nitrogens with two attached hydrogens (primary N) is 1. The van der Waals surface area contributed by atoms with E-state index in [9.17, 15) is 0 Å². The zero-order valence-corrected chi connectivity index (χ0v) is 11.4. The van der Waals surface area contributed by atoms with Crippen LogP contribution < -0.4 is 5.73 Å². The van der Waals surface area contributed by atoms with Crippen molar-refractivity contribution in [2.45, 2.75) is 52.5 Å². The number of hydrogen-bond donors (Lipinski definition) is 1. The molecule has 2 unspecified atom stereocenters. The second kappa shape index (κ2) is 4.50. The molecule has 90 valence electrons. The summed E-state index contributed by atoms with van der Waals surface area (Å²) in [6.45, 7) is 6.96. The maximum atomic E-state index is 6.50. The minimum atomic E-state index is 0.246. The molecule has 0 aromatic carbocycles. The molecular weight excluding hydrogens is 214 g/mol. The van der Waals surface area contributed by atoms with Gasteiger partial charge < -0.3 is 5.73 Å². The summed E-state index contributed by atoms with van der Waals surface area (Å²) in [5, 5.41) is 2.17. The van der Waals surface area contributed by atoms with Gasteiger partial charge in [-0.3, -0.25) is 0 Å². The highest BCUT2D eigenvalue weighted by atomic mass is 32.1. The minimum absolute atomic E-state index is 0.246. The third kappa shape index (κ3) is 2.18. The standard InChI is InChI=1S/C14H23NS/c1-10-7-9-16-13(10)12(15)11-6-4-5-8-14(11,2)3/h7,9,11-12H,4-6,8,15H2,1-3H3. The van der Waals surface area contributed by atoms with Crippen LogP contribution in [0, 0.1) is 18.3 Å². The van der Waals surface area contributed by atoms with Crippen molar-refractivity contribution in [1.82, 2.24) is 0 Å². The monoisotopic (exact) mass is 237 g/mol. The molecule has 0 spiro atoms. The summed E-state index contributed by atoms with van der Waals surface area (Å²) in [4.78, 5) is 1.40. The maximum Gasteiger partial charge on any atom is 0.0426 e. The van der Waals surface area contributed by atoms with Crippen LogP contribution in [0.1, 0.15) is 56.0 Å². The molecule has 1 aliphatic rings. The average Bonchev–Trinajstić information content (AvgIpc) is 2.63. The lowest BCUT2D eigenvalue weighted by Gasteiger charge is -2.42. The van der Waals surface area contributed by atoms with E-state index in [1.807, 2.05) is 11.3 Å². The lowest BCUT2D eigenvalue weighted by molar-refractivity contribution is 0.113. The van der Waals surface area contributed by atoms with E-state index in [-0.39, 0.29) is 6.04 Å². The number of aryl methyl sites for hydroxylation is 1. The van der Waals surface area contributed by atoms with Gasteiger partial charge >= 0.3 is 0 Å². The molecule has 2 atom stereocenters. The predicted octanol–water partition coefficient (Wildman–Crippen LogP) is 4.27. The average molecular weight is 237 g/mol. The first-order valence-electron chi connectivity index (χ1n) is 6.32. The van der Waals surface area contributed by atoms with Crippen molar-refractivity contribution >= 4 is 11.3 Å². The Balaban J connectivity index is 2.20. The Bertz CT molecular complexity index is 353. The molecule has 1 fully saturated rings. The Hall–Kier alpha value is -0.340. The van der Waals surface area contributed by atoms with Crippen molar-refractivity contribution in [3.8, 4) is 0 Å². The fraction of sp³-hybridized carbons (Fsp3) is 0.714. The van der Waals surface area contributed by atoms with Crippen molar-refractivity contribution in [3.05, 3.63) is 21.9 Å². The first-order valence-corrected chi connectivity index (χ1v) is 7.20. The number of thiophene rings is 1. The summed E-state index contributed by atoms with van der Waals surface area (Å²) in [6, 6.07) is 2.44. The molecule has 1 aliphatic carbocycles. The molecular formula is C14H23NS. The third-order valence-electron chi connectivity index (χ3n) is 4.23. The normalized spacial score (nSPS) is 26.6. The second-order valence-electron chi connectivity index (χ2n) is 5.83. The van der Waals surface area contributed by atoms with Crippen molar-refractivity contribution in [3.63, 3.8) is 0 Å². The summed E-state index contributed by atoms with van der Waals surface area (Å²) in [6.07, 6.45) is 5.35. The van der Waals surface area contributed by atoms with Gasteiger partial charge in [-0.05, 0) is 48.1 Å². The van der Waals surface area contributed by atoms with Crippen LogP contribution in [-0.4, -0.2) is 0 Å². The molecule has 1 saturated carbocycles. The molecule has 1 nitrogen and oxygen atoms in total. The summed E-state index contributed by atoms with van der Waals surface area (Å²) < 4.78 is 0. The van der Waals surface area contributed by atoms with Gasteiger partial charge in [-0.25, -0.2) is 0 Å². The van der Waals surface area contributed by atoms with Gasteiger partial charge in [0.15, 0.2) is 0 Å². The molecule has 1 aromatic rings. The highest BCUT2D eigenvalue weighted by Gasteiger charge is 2.37. The van der Waals surface area contributed by atoms with Gasteiger partial charge in [-0.2, -0.15) is 0 Å². The molecule has 2 rings (SSSR count). The fourth-order valence-corrected chi connectivity index (χ4v) is 4.09. The van der Waals surface area contributed by atoms with Crippen molar-refractivity contribution < 1.29 is 0 Å². The smallest absolute Gasteiger partial charge is 0.0426 e. The SMILES string of the molecule is Cc1ccsc1C(N)C1CCCCC1(C)C. The van der Waals surface area contributed by atoms with Gasteiger partial charge in [0.2, 0.25) is 0 Å². The summed E-state index contributed by atoms with van der Waals surface area (Å²) >= 11 is 1.83. The quantitative estimate of drug-likeness (QED) is 0.816. The highest BCUT2D eigenvalue weighted by molar-refractivity contribution is 7.10. The van der Waals surface area contributed by atoms with Crippen LogP contribution in [0.3, 0.4) is 0 Å². The van der Waals surface area contributed by atoms with Crippen LogP contribution in [-0.2, 0) is 0 Å². The van der Waals surface area contributed by atoms with E-state index < -0.39 is 0 Å². The Morgan fingerprint density at radius 3 is 2.75 bits per heavy atom. The first-order chi connectivity index (χ1) is 7.52. The highest BCUT2D eigenvalue weighted by Crippen LogP contribution is 2.47. The number of hydrogen-bond acceptors (Lipinski definition) is 2. The Labute approximate surface area is 103 Å². The predicted molar refractivity (Wildman–Crippen MR) is 71.7 cm³/mol. The van der Waals surface area contributed by atoms with Gasteiger partial charge in [0.1, 0.15) is 0 Å². The van der Waals surface area contributed by atoms with Crippen LogP contribution in [0.5, 0.6) is 0 Å². The molecule has 2 heteroatoms. The van der Waals surface area contributed by atoms with Crippen molar-refractivity contribution in [1.29, 1.82) is 0 Å². The molecule has 0 aliphatic heterocycles. The van der Waals surface area contributed by atoms with Crippen LogP contribution in [0.2, 0.25) is 0 Å². The van der Waals surface area contributed by atoms with Gasteiger partial charge in [0.25, 0.3) is 0 Å². The van der Waals surface area contributed by atoms with Gasteiger partial charge in [-0.1, -0.05) is 26.7 Å². The van der Waals surface area contributed by atoms with E-state index in [0.717, 1.165) is 0 Å². The molecule has 0 saturated heterocycles. The van der Waals surface area contributed by atoms with Crippen molar-refractivity contribution in [2.24, 2.45) is 17.1 Å². The molecule has 0 amide bonds. The summed E-state index contributed by atoms with van der Waals surface area (Å²) in [5.74, 6) is 0.651. The Morgan fingerprint density at radius 2 is 2.19 bits per heavy atom. The zero-order valence-electron chi connectivity index (χ0n) is 10.6. The number of rotatable bonds is 2. The van der Waals surface area contributed by atoms with E-state index >= 15 is 0 Å². The first kappa shape index (κ1) is 12.1. The molecule has 16 heavy (non-hydrogen) atoms. The van der Waals surface area contributed by atoms with Crippen LogP contribution in [0.25, 0.3) is 0 Å². The minimum Gasteiger partial charge on any atom is -0.323 e. The lowest BCUT2D eigenvalue weighted by atomic mass is 9.65. The van der Waals surface area contributed by atoms with Crippen LogP contribution in [0.15, 0.2) is 11.4 Å². The van der Waals surface area contributed by atoms with Crippen LogP contribution >= 0.6 is 11.3 Å². The second-order valence-corrected chi connectivity index (χ2v) is 6.78. The van der Waals surface area contributed by atoms with E-state index in [1.54, 1.807) is 0 Å².